The van der Waals surface area contributed by atoms with Gasteiger partial charge in [-0.15, -0.1) is 10.2 Å². The molecule has 6 nitrogen and oxygen atoms in total. The maximum Gasteiger partial charge on any atom is 0.237 e. The number of hydrogen-bond donors (Lipinski definition) is 0. The van der Waals surface area contributed by atoms with E-state index in [0.717, 1.165) is 27.6 Å². The first-order valence-corrected chi connectivity index (χ1v) is 10.4. The molecule has 8 heteroatoms. The van der Waals surface area contributed by atoms with E-state index >= 15 is 0 Å². The van der Waals surface area contributed by atoms with Crippen molar-refractivity contribution in [1.82, 2.24) is 20.3 Å². The summed E-state index contributed by atoms with van der Waals surface area (Å²) in [7, 11) is 0. The van der Waals surface area contributed by atoms with Crippen molar-refractivity contribution >= 4 is 23.4 Å². The third kappa shape index (κ3) is 4.75. The van der Waals surface area contributed by atoms with Crippen LogP contribution in [-0.2, 0) is 5.75 Å². The quantitative estimate of drug-likeness (QED) is 0.360. The lowest BCUT2D eigenvalue weighted by Gasteiger charge is -2.04. The molecule has 0 unspecified atom stereocenters. The molecular formula is C21H17ClN4O2S. The van der Waals surface area contributed by atoms with E-state index in [0.29, 0.717) is 29.1 Å². The van der Waals surface area contributed by atoms with Gasteiger partial charge in [-0.05, 0) is 55.5 Å². The smallest absolute Gasteiger partial charge is 0.237 e. The monoisotopic (exact) mass is 424 g/mol. The van der Waals surface area contributed by atoms with E-state index in [1.165, 1.54) is 11.8 Å². The predicted molar refractivity (Wildman–Crippen MR) is 113 cm³/mol. The van der Waals surface area contributed by atoms with E-state index in [-0.39, 0.29) is 0 Å². The summed E-state index contributed by atoms with van der Waals surface area (Å²) in [6, 6.07) is 19.0. The highest BCUT2D eigenvalue weighted by atomic mass is 35.5. The SMILES string of the molecule is CCOc1ccc(-c2ccc(SCc3nc(-c4ccccc4Cl)no3)nn2)cc1. The molecule has 4 aromatic rings. The van der Waals surface area contributed by atoms with Gasteiger partial charge in [-0.1, -0.05) is 40.7 Å². The summed E-state index contributed by atoms with van der Waals surface area (Å²) in [5.74, 6) is 2.31. The Kier molecular flexibility index (Phi) is 6.07. The van der Waals surface area contributed by atoms with Crippen molar-refractivity contribution in [2.24, 2.45) is 0 Å². The Morgan fingerprint density at radius 1 is 1.00 bits per heavy atom. The van der Waals surface area contributed by atoms with Crippen LogP contribution in [-0.4, -0.2) is 26.9 Å². The minimum atomic E-state index is 0.475. The summed E-state index contributed by atoms with van der Waals surface area (Å²) in [5, 5.41) is 13.9. The molecule has 146 valence electrons. The Bertz CT molecular complexity index is 1080. The molecule has 29 heavy (non-hydrogen) atoms. The van der Waals surface area contributed by atoms with E-state index in [1.807, 2.05) is 61.5 Å². The van der Waals surface area contributed by atoms with E-state index in [9.17, 15) is 0 Å². The molecular weight excluding hydrogens is 408 g/mol. The van der Waals surface area contributed by atoms with Crippen LogP contribution in [0.1, 0.15) is 12.8 Å². The fourth-order valence-electron chi connectivity index (χ4n) is 2.64. The summed E-state index contributed by atoms with van der Waals surface area (Å²) in [4.78, 5) is 4.40. The maximum absolute atomic E-state index is 6.18. The first-order chi connectivity index (χ1) is 14.2. The summed E-state index contributed by atoms with van der Waals surface area (Å²) >= 11 is 7.65. The Morgan fingerprint density at radius 3 is 2.55 bits per heavy atom. The van der Waals surface area contributed by atoms with E-state index in [4.69, 9.17) is 20.9 Å². The van der Waals surface area contributed by atoms with Gasteiger partial charge in [-0.3, -0.25) is 0 Å². The lowest BCUT2D eigenvalue weighted by molar-refractivity contribution is 0.340. The zero-order valence-electron chi connectivity index (χ0n) is 15.6. The van der Waals surface area contributed by atoms with Crippen molar-refractivity contribution in [1.29, 1.82) is 0 Å². The molecule has 0 saturated carbocycles. The summed E-state index contributed by atoms with van der Waals surface area (Å²) in [6.45, 7) is 2.60. The molecule has 0 aliphatic heterocycles. The van der Waals surface area contributed by atoms with Gasteiger partial charge in [-0.2, -0.15) is 4.98 Å². The molecule has 0 aliphatic carbocycles. The zero-order chi connectivity index (χ0) is 20.1. The number of ether oxygens (including phenoxy) is 1. The van der Waals surface area contributed by atoms with Gasteiger partial charge in [-0.25, -0.2) is 0 Å². The second-order valence-corrected chi connectivity index (χ2v) is 7.40. The number of nitrogens with zero attached hydrogens (tertiary/aromatic N) is 4. The number of thioether (sulfide) groups is 1. The molecule has 2 aromatic carbocycles. The van der Waals surface area contributed by atoms with Crippen LogP contribution < -0.4 is 4.74 Å². The van der Waals surface area contributed by atoms with E-state index in [1.54, 1.807) is 6.07 Å². The largest absolute Gasteiger partial charge is 0.494 e. The number of halogens is 1. The van der Waals surface area contributed by atoms with E-state index < -0.39 is 0 Å². The van der Waals surface area contributed by atoms with Crippen molar-refractivity contribution < 1.29 is 9.26 Å². The molecule has 2 heterocycles. The van der Waals surface area contributed by atoms with Crippen LogP contribution in [0.5, 0.6) is 5.75 Å². The molecule has 0 fully saturated rings. The molecule has 0 amide bonds. The number of benzene rings is 2. The second-order valence-electron chi connectivity index (χ2n) is 5.99. The Balaban J connectivity index is 1.39. The van der Waals surface area contributed by atoms with E-state index in [2.05, 4.69) is 20.3 Å². The summed E-state index contributed by atoms with van der Waals surface area (Å²) < 4.78 is 10.8. The highest BCUT2D eigenvalue weighted by Crippen LogP contribution is 2.27. The van der Waals surface area contributed by atoms with Crippen LogP contribution in [0.2, 0.25) is 5.02 Å². The van der Waals surface area contributed by atoms with Crippen LogP contribution >= 0.6 is 23.4 Å². The molecule has 4 rings (SSSR count). The van der Waals surface area contributed by atoms with Gasteiger partial charge in [0.15, 0.2) is 0 Å². The van der Waals surface area contributed by atoms with Crippen molar-refractivity contribution in [2.45, 2.75) is 17.7 Å². The van der Waals surface area contributed by atoms with Crippen LogP contribution in [0.15, 0.2) is 70.2 Å². The maximum atomic E-state index is 6.18. The Hall–Kier alpha value is -2.90. The van der Waals surface area contributed by atoms with Gasteiger partial charge >= 0.3 is 0 Å². The van der Waals surface area contributed by atoms with Gasteiger partial charge < -0.3 is 9.26 Å². The average Bonchev–Trinajstić information content (AvgIpc) is 3.23. The van der Waals surface area contributed by atoms with Crippen molar-refractivity contribution in [3.8, 4) is 28.4 Å². The van der Waals surface area contributed by atoms with Gasteiger partial charge in [0.2, 0.25) is 11.7 Å². The molecule has 0 bridgehead atoms. The van der Waals surface area contributed by atoms with Crippen LogP contribution in [0.3, 0.4) is 0 Å². The Labute approximate surface area is 177 Å². The predicted octanol–water partition coefficient (Wildman–Crippen LogP) is 5.54. The van der Waals surface area contributed by atoms with Crippen molar-refractivity contribution in [3.63, 3.8) is 0 Å². The fraction of sp³-hybridized carbons (Fsp3) is 0.143. The fourth-order valence-corrected chi connectivity index (χ4v) is 3.51. The highest BCUT2D eigenvalue weighted by Gasteiger charge is 2.12. The third-order valence-electron chi connectivity index (χ3n) is 4.03. The van der Waals surface area contributed by atoms with Gasteiger partial charge in [0.1, 0.15) is 10.8 Å². The minimum absolute atomic E-state index is 0.475. The molecule has 0 N–H and O–H groups in total. The van der Waals surface area contributed by atoms with Gasteiger partial charge in [0, 0.05) is 11.1 Å². The number of hydrogen-bond acceptors (Lipinski definition) is 7. The molecule has 0 atom stereocenters. The lowest BCUT2D eigenvalue weighted by atomic mass is 10.1. The number of aromatic nitrogens is 4. The molecule has 0 aliphatic rings. The summed E-state index contributed by atoms with van der Waals surface area (Å²) in [5.41, 5.74) is 2.53. The first-order valence-electron chi connectivity index (χ1n) is 9.00. The van der Waals surface area contributed by atoms with Crippen LogP contribution in [0, 0.1) is 0 Å². The molecule has 0 spiro atoms. The first kappa shape index (κ1) is 19.4. The summed E-state index contributed by atoms with van der Waals surface area (Å²) in [6.07, 6.45) is 0. The Morgan fingerprint density at radius 2 is 1.83 bits per heavy atom. The standard InChI is InChI=1S/C21H17ClN4O2S/c1-2-27-15-9-7-14(8-10-15)18-11-12-20(25-24-18)29-13-19-23-21(26-28-19)16-5-3-4-6-17(16)22/h3-12H,2,13H2,1H3. The van der Waals surface area contributed by atoms with Crippen molar-refractivity contribution in [3.05, 3.63) is 71.6 Å². The normalized spacial score (nSPS) is 10.8. The number of rotatable bonds is 7. The van der Waals surface area contributed by atoms with Crippen LogP contribution in [0.4, 0.5) is 0 Å². The molecule has 0 radical (unpaired) electrons. The molecule has 0 saturated heterocycles. The minimum Gasteiger partial charge on any atom is -0.494 e. The van der Waals surface area contributed by atoms with Crippen LogP contribution in [0.25, 0.3) is 22.6 Å². The van der Waals surface area contributed by atoms with Crippen molar-refractivity contribution in [2.75, 3.05) is 6.61 Å². The second kappa shape index (κ2) is 9.07. The van der Waals surface area contributed by atoms with Gasteiger partial charge in [0.05, 0.1) is 23.1 Å². The third-order valence-corrected chi connectivity index (χ3v) is 5.26. The topological polar surface area (TPSA) is 73.9 Å². The zero-order valence-corrected chi connectivity index (χ0v) is 17.2. The molecule has 2 aromatic heterocycles. The lowest BCUT2D eigenvalue weighted by Crippen LogP contribution is -1.92. The average molecular weight is 425 g/mol. The van der Waals surface area contributed by atoms with Gasteiger partial charge in [0.25, 0.3) is 0 Å². The highest BCUT2D eigenvalue weighted by molar-refractivity contribution is 7.98.